The maximum absolute atomic E-state index is 13.5. The Morgan fingerprint density at radius 1 is 1.03 bits per heavy atom. The summed E-state index contributed by atoms with van der Waals surface area (Å²) in [4.78, 5) is 11.1. The lowest BCUT2D eigenvalue weighted by molar-refractivity contribution is -0.479. The average molecular weight is 513 g/mol. The Balaban J connectivity index is 1.60. The summed E-state index contributed by atoms with van der Waals surface area (Å²) in [6, 6.07) is 17.0. The zero-order valence-corrected chi connectivity index (χ0v) is 20.2. The molecule has 0 unspecified atom stereocenters. The Morgan fingerprint density at radius 2 is 1.81 bits per heavy atom. The molecule has 1 atom stereocenters. The number of thioether (sulfide) groups is 1. The highest BCUT2D eigenvalue weighted by Crippen LogP contribution is 2.39. The van der Waals surface area contributed by atoms with Crippen molar-refractivity contribution in [2.45, 2.75) is 23.9 Å². The molecule has 0 saturated heterocycles. The second-order valence-corrected chi connectivity index (χ2v) is 8.96. The number of methoxy groups -OCH3 is 1. The summed E-state index contributed by atoms with van der Waals surface area (Å²) in [7, 11) is 1.47. The molecule has 0 radical (unpaired) electrons. The lowest BCUT2D eigenvalue weighted by atomic mass is 10.1. The van der Waals surface area contributed by atoms with Crippen LogP contribution >= 0.6 is 11.8 Å². The Kier molecular flexibility index (Phi) is 7.79. The van der Waals surface area contributed by atoms with Gasteiger partial charge < -0.3 is 9.47 Å². The molecule has 0 aliphatic carbocycles. The van der Waals surface area contributed by atoms with Crippen LogP contribution in [0.1, 0.15) is 22.2 Å². The second-order valence-electron chi connectivity index (χ2n) is 7.79. The molecule has 8 nitrogen and oxygen atoms in total. The lowest BCUT2D eigenvalue weighted by Crippen LogP contribution is -2.11. The second kappa shape index (κ2) is 11.2. The minimum absolute atomic E-state index is 0.126. The summed E-state index contributed by atoms with van der Waals surface area (Å²) < 4.78 is 39.9. The van der Waals surface area contributed by atoms with E-state index in [0.29, 0.717) is 39.3 Å². The molecule has 0 fully saturated rings. The fourth-order valence-corrected chi connectivity index (χ4v) is 4.74. The summed E-state index contributed by atoms with van der Waals surface area (Å²) in [5.74, 6) is 0.621. The van der Waals surface area contributed by atoms with Crippen molar-refractivity contribution < 1.29 is 23.2 Å². The van der Waals surface area contributed by atoms with Crippen molar-refractivity contribution in [3.05, 3.63) is 105 Å². The molecule has 0 aliphatic heterocycles. The highest BCUT2D eigenvalue weighted by atomic mass is 32.2. The molecule has 3 aromatic carbocycles. The first-order chi connectivity index (χ1) is 17.3. The molecule has 186 valence electrons. The largest absolute Gasteiger partial charge is 0.493 e. The number of hydrogen-bond acceptors (Lipinski definition) is 7. The Bertz CT molecular complexity index is 1360. The van der Waals surface area contributed by atoms with E-state index in [0.717, 1.165) is 0 Å². The number of benzene rings is 3. The molecular formula is C25H22F2N4O4S. The van der Waals surface area contributed by atoms with Crippen LogP contribution in [0.2, 0.25) is 0 Å². The first-order valence-electron chi connectivity index (χ1n) is 10.9. The molecular weight excluding hydrogens is 490 g/mol. The quantitative estimate of drug-likeness (QED) is 0.156. The van der Waals surface area contributed by atoms with Crippen LogP contribution in [0.4, 0.5) is 8.78 Å². The summed E-state index contributed by atoms with van der Waals surface area (Å²) in [6.07, 6.45) is 0. The van der Waals surface area contributed by atoms with Crippen LogP contribution in [0.3, 0.4) is 0 Å². The van der Waals surface area contributed by atoms with Gasteiger partial charge in [-0.3, -0.25) is 14.7 Å². The van der Waals surface area contributed by atoms with Crippen molar-refractivity contribution in [3.8, 4) is 17.2 Å². The molecule has 0 saturated carbocycles. The number of aromatic nitrogens is 3. The topological polar surface area (TPSA) is 92.3 Å². The van der Waals surface area contributed by atoms with E-state index in [4.69, 9.17) is 9.47 Å². The van der Waals surface area contributed by atoms with Gasteiger partial charge in [0, 0.05) is 10.6 Å². The van der Waals surface area contributed by atoms with Gasteiger partial charge in [-0.25, -0.2) is 8.78 Å². The highest BCUT2D eigenvalue weighted by molar-refractivity contribution is 7.99. The normalized spacial score (nSPS) is 11.8. The molecule has 1 heterocycles. The average Bonchev–Trinajstić information content (AvgIpc) is 3.22. The first-order valence-corrected chi connectivity index (χ1v) is 11.7. The smallest absolute Gasteiger partial charge is 0.220 e. The summed E-state index contributed by atoms with van der Waals surface area (Å²) in [6.45, 7) is 1.49. The Hall–Kier alpha value is -3.99. The molecule has 4 rings (SSSR count). The monoisotopic (exact) mass is 512 g/mol. The van der Waals surface area contributed by atoms with E-state index in [-0.39, 0.29) is 24.8 Å². The molecule has 0 aliphatic rings. The van der Waals surface area contributed by atoms with Crippen molar-refractivity contribution >= 4 is 11.8 Å². The van der Waals surface area contributed by atoms with E-state index in [9.17, 15) is 18.9 Å². The number of ether oxygens (including phenoxy) is 2. The van der Waals surface area contributed by atoms with E-state index in [2.05, 4.69) is 10.2 Å². The summed E-state index contributed by atoms with van der Waals surface area (Å²) >= 11 is 1.17. The number of halogens is 2. The fourth-order valence-electron chi connectivity index (χ4n) is 3.57. The number of aryl methyl sites for hydroxylation is 1. The van der Waals surface area contributed by atoms with Crippen molar-refractivity contribution in [1.29, 1.82) is 0 Å². The Morgan fingerprint density at radius 3 is 2.50 bits per heavy atom. The van der Waals surface area contributed by atoms with Gasteiger partial charge in [0.1, 0.15) is 29.3 Å². The third-order valence-electron chi connectivity index (χ3n) is 5.29. The van der Waals surface area contributed by atoms with Gasteiger partial charge in [-0.1, -0.05) is 30.0 Å². The molecule has 0 N–H and O–H groups in total. The van der Waals surface area contributed by atoms with Crippen LogP contribution in [-0.2, 0) is 6.61 Å². The number of hydrogen-bond donors (Lipinski definition) is 0. The zero-order valence-electron chi connectivity index (χ0n) is 19.4. The summed E-state index contributed by atoms with van der Waals surface area (Å²) in [5.41, 5.74) is 1.91. The predicted molar refractivity (Wildman–Crippen MR) is 130 cm³/mol. The Labute approximate surface area is 210 Å². The van der Waals surface area contributed by atoms with Gasteiger partial charge in [-0.15, -0.1) is 10.2 Å². The number of nitrogens with zero attached hydrogens (tertiary/aromatic N) is 4. The number of rotatable bonds is 10. The van der Waals surface area contributed by atoms with Crippen LogP contribution in [0, 0.1) is 28.7 Å². The van der Waals surface area contributed by atoms with Crippen LogP contribution in [0.5, 0.6) is 11.5 Å². The predicted octanol–water partition coefficient (Wildman–Crippen LogP) is 5.55. The van der Waals surface area contributed by atoms with Crippen LogP contribution in [0.15, 0.2) is 71.9 Å². The zero-order chi connectivity index (χ0) is 25.7. The molecule has 36 heavy (non-hydrogen) atoms. The van der Waals surface area contributed by atoms with Crippen molar-refractivity contribution in [3.63, 3.8) is 0 Å². The summed E-state index contributed by atoms with van der Waals surface area (Å²) in [5, 5.41) is 19.6. The fraction of sp³-hybridized carbons (Fsp3) is 0.200. The van der Waals surface area contributed by atoms with E-state index in [1.807, 2.05) is 0 Å². The molecule has 0 bridgehead atoms. The van der Waals surface area contributed by atoms with E-state index < -0.39 is 10.2 Å². The molecule has 0 amide bonds. The van der Waals surface area contributed by atoms with Gasteiger partial charge >= 0.3 is 0 Å². The van der Waals surface area contributed by atoms with E-state index in [1.54, 1.807) is 54.0 Å². The minimum Gasteiger partial charge on any atom is -0.493 e. The minimum atomic E-state index is -0.631. The van der Waals surface area contributed by atoms with Gasteiger partial charge in [0.2, 0.25) is 6.54 Å². The SMILES string of the molecule is COc1cc([C@@H](C[N+](=O)[O-])Sc2nnc(C)n2-c2ccc(F)cc2)ccc1OCc1cccc(F)c1. The van der Waals surface area contributed by atoms with Crippen molar-refractivity contribution in [1.82, 2.24) is 14.8 Å². The maximum Gasteiger partial charge on any atom is 0.220 e. The van der Waals surface area contributed by atoms with Crippen LogP contribution < -0.4 is 9.47 Å². The molecule has 0 spiro atoms. The van der Waals surface area contributed by atoms with Crippen LogP contribution in [0.25, 0.3) is 5.69 Å². The molecule has 11 heteroatoms. The third-order valence-corrected chi connectivity index (χ3v) is 6.47. The standard InChI is InChI=1S/C25H22F2N4O4S/c1-16-28-29-25(31(16)21-9-7-19(26)8-10-21)36-24(14-30(32)33)18-6-11-22(23(13-18)34-2)35-15-17-4-3-5-20(27)12-17/h3-13,24H,14-15H2,1-2H3/t24-/m1/s1. The molecule has 1 aromatic heterocycles. The van der Waals surface area contributed by atoms with Gasteiger partial charge in [0.05, 0.1) is 7.11 Å². The van der Waals surface area contributed by atoms with Gasteiger partial charge in [-0.2, -0.15) is 0 Å². The van der Waals surface area contributed by atoms with Gasteiger partial charge in [-0.05, 0) is 66.6 Å². The van der Waals surface area contributed by atoms with E-state index >= 15 is 0 Å². The van der Waals surface area contributed by atoms with Gasteiger partial charge in [0.25, 0.3) is 0 Å². The lowest BCUT2D eigenvalue weighted by Gasteiger charge is -2.17. The first kappa shape index (κ1) is 25.1. The van der Waals surface area contributed by atoms with Crippen molar-refractivity contribution in [2.24, 2.45) is 0 Å². The van der Waals surface area contributed by atoms with Gasteiger partial charge in [0.15, 0.2) is 16.7 Å². The van der Waals surface area contributed by atoms with E-state index in [1.165, 1.54) is 43.1 Å². The molecule has 4 aromatic rings. The number of nitro groups is 1. The third kappa shape index (κ3) is 5.98. The van der Waals surface area contributed by atoms with Crippen LogP contribution in [-0.4, -0.2) is 33.3 Å². The van der Waals surface area contributed by atoms with Crippen molar-refractivity contribution in [2.75, 3.05) is 13.7 Å². The maximum atomic E-state index is 13.5. The highest BCUT2D eigenvalue weighted by Gasteiger charge is 2.25.